The maximum absolute atomic E-state index is 13.2. The minimum absolute atomic E-state index is 0.0621. The van der Waals surface area contributed by atoms with E-state index < -0.39 is 0 Å². The molecule has 5 rings (SSSR count). The third-order valence-corrected chi connectivity index (χ3v) is 7.41. The van der Waals surface area contributed by atoms with E-state index in [-0.39, 0.29) is 6.03 Å². The van der Waals surface area contributed by atoms with Crippen molar-refractivity contribution in [3.8, 4) is 0 Å². The number of urea groups is 1. The predicted octanol–water partition coefficient (Wildman–Crippen LogP) is 5.91. The number of allylic oxidation sites excluding steroid dienone is 1. The van der Waals surface area contributed by atoms with Crippen LogP contribution in [0.25, 0.3) is 0 Å². The summed E-state index contributed by atoms with van der Waals surface area (Å²) in [6.07, 6.45) is 7.33. The third kappa shape index (κ3) is 4.25. The normalized spacial score (nSPS) is 21.7. The van der Waals surface area contributed by atoms with E-state index in [0.29, 0.717) is 24.4 Å². The van der Waals surface area contributed by atoms with E-state index in [1.54, 1.807) is 0 Å². The molecule has 2 atom stereocenters. The summed E-state index contributed by atoms with van der Waals surface area (Å²) in [4.78, 5) is 19.5. The number of pyridine rings is 1. The molecular formula is C24H28BrN3O. The van der Waals surface area contributed by atoms with Crippen LogP contribution in [0.4, 0.5) is 10.5 Å². The molecule has 2 amide bonds. The van der Waals surface area contributed by atoms with Crippen LogP contribution in [0.2, 0.25) is 0 Å². The number of halogens is 1. The summed E-state index contributed by atoms with van der Waals surface area (Å²) in [5, 5.41) is 3.08. The number of benzene rings is 1. The number of amides is 2. The van der Waals surface area contributed by atoms with Gasteiger partial charge in [0.05, 0.1) is 5.69 Å². The molecule has 0 saturated heterocycles. The molecule has 0 spiro atoms. The molecule has 1 fully saturated rings. The molecule has 0 radical (unpaired) electrons. The number of nitrogens with one attached hydrogen (secondary N) is 1. The van der Waals surface area contributed by atoms with Crippen LogP contribution in [0.3, 0.4) is 0 Å². The molecule has 1 aromatic heterocycles. The van der Waals surface area contributed by atoms with E-state index in [9.17, 15) is 4.79 Å². The summed E-state index contributed by atoms with van der Waals surface area (Å²) in [6.45, 7) is 6.07. The van der Waals surface area contributed by atoms with Gasteiger partial charge in [-0.1, -0.05) is 43.7 Å². The highest BCUT2D eigenvalue weighted by Gasteiger charge is 2.51. The Morgan fingerprint density at radius 2 is 2.03 bits per heavy atom. The number of hydrogen-bond acceptors (Lipinski definition) is 2. The van der Waals surface area contributed by atoms with E-state index in [2.05, 4.69) is 46.2 Å². The number of para-hydroxylation sites is 1. The van der Waals surface area contributed by atoms with Gasteiger partial charge in [0.25, 0.3) is 0 Å². The molecule has 0 aliphatic heterocycles. The summed E-state index contributed by atoms with van der Waals surface area (Å²) < 4.78 is 0.887. The first-order valence-electron chi connectivity index (χ1n) is 10.3. The Morgan fingerprint density at radius 3 is 2.72 bits per heavy atom. The number of carbonyl (C=O) groups excluding carboxylic acids is 1. The van der Waals surface area contributed by atoms with Gasteiger partial charge >= 0.3 is 6.03 Å². The zero-order chi connectivity index (χ0) is 20.4. The van der Waals surface area contributed by atoms with Crippen molar-refractivity contribution in [2.45, 2.75) is 33.1 Å². The Labute approximate surface area is 181 Å². The smallest absolute Gasteiger partial charge is 0.320 e. The van der Waals surface area contributed by atoms with Crippen molar-refractivity contribution in [2.75, 3.05) is 18.4 Å². The Hall–Kier alpha value is -2.14. The molecule has 3 aliphatic rings. The zero-order valence-corrected chi connectivity index (χ0v) is 18.7. The first kappa shape index (κ1) is 20.1. The van der Waals surface area contributed by atoms with Crippen molar-refractivity contribution in [3.05, 3.63) is 70.5 Å². The standard InChI is InChI=1S/C24H28BrN3O/c1-24(2)18-11-10-17(20(24)15-18)16-28(14-12-19-7-5-6-13-26-19)23(29)27-22-9-4-3-8-21(22)25/h3-10,13,18,20H,11-12,14-16H2,1-2H3,(H,27,29). The fraction of sp³-hybridized carbons (Fsp3) is 0.417. The molecule has 2 aromatic rings. The van der Waals surface area contributed by atoms with Gasteiger partial charge in [-0.05, 0) is 70.3 Å². The Balaban J connectivity index is 1.50. The molecule has 4 nitrogen and oxygen atoms in total. The first-order valence-corrected chi connectivity index (χ1v) is 11.1. The second-order valence-electron chi connectivity index (χ2n) is 8.72. The molecule has 2 bridgehead atoms. The van der Waals surface area contributed by atoms with Crippen LogP contribution in [-0.4, -0.2) is 29.0 Å². The van der Waals surface area contributed by atoms with Crippen molar-refractivity contribution in [2.24, 2.45) is 17.3 Å². The number of aromatic nitrogens is 1. The highest BCUT2D eigenvalue weighted by atomic mass is 79.9. The lowest BCUT2D eigenvalue weighted by atomic mass is 9.49. The van der Waals surface area contributed by atoms with Crippen LogP contribution in [-0.2, 0) is 6.42 Å². The maximum atomic E-state index is 13.2. The van der Waals surface area contributed by atoms with Crippen LogP contribution in [0.5, 0.6) is 0 Å². The fourth-order valence-corrected chi connectivity index (χ4v) is 5.06. The summed E-state index contributed by atoms with van der Waals surface area (Å²) in [5.41, 5.74) is 3.58. The SMILES string of the molecule is CC1(C)C2CC=C(CN(CCc3ccccn3)C(=O)Nc3ccccc3Br)C1C2. The average molecular weight is 454 g/mol. The van der Waals surface area contributed by atoms with Gasteiger partial charge in [0.2, 0.25) is 0 Å². The molecule has 5 heteroatoms. The fourth-order valence-electron chi connectivity index (χ4n) is 4.68. The molecule has 1 heterocycles. The Morgan fingerprint density at radius 1 is 1.24 bits per heavy atom. The molecule has 3 aliphatic carbocycles. The average Bonchev–Trinajstić information content (AvgIpc) is 2.73. The van der Waals surface area contributed by atoms with E-state index >= 15 is 0 Å². The lowest BCUT2D eigenvalue weighted by Crippen LogP contribution is -2.50. The molecule has 1 N–H and O–H groups in total. The minimum Gasteiger partial charge on any atom is -0.320 e. The lowest BCUT2D eigenvalue weighted by molar-refractivity contribution is -0.00949. The maximum Gasteiger partial charge on any atom is 0.322 e. The lowest BCUT2D eigenvalue weighted by Gasteiger charge is -2.57. The van der Waals surface area contributed by atoms with E-state index in [0.717, 1.165) is 34.6 Å². The summed E-state index contributed by atoms with van der Waals surface area (Å²) in [6, 6.07) is 13.6. The topological polar surface area (TPSA) is 45.2 Å². The molecule has 1 saturated carbocycles. The van der Waals surface area contributed by atoms with Gasteiger partial charge in [-0.25, -0.2) is 4.79 Å². The number of carbonyl (C=O) groups is 1. The van der Waals surface area contributed by atoms with Crippen molar-refractivity contribution in [1.82, 2.24) is 9.88 Å². The molecule has 29 heavy (non-hydrogen) atoms. The zero-order valence-electron chi connectivity index (χ0n) is 17.1. The van der Waals surface area contributed by atoms with E-state index in [1.807, 2.05) is 53.6 Å². The number of hydrogen-bond donors (Lipinski definition) is 1. The number of fused-ring (bicyclic) bond motifs is 1. The Kier molecular flexibility index (Phi) is 5.77. The van der Waals surface area contributed by atoms with Crippen molar-refractivity contribution in [1.29, 1.82) is 0 Å². The van der Waals surface area contributed by atoms with Crippen molar-refractivity contribution in [3.63, 3.8) is 0 Å². The third-order valence-electron chi connectivity index (χ3n) is 6.72. The van der Waals surface area contributed by atoms with Crippen molar-refractivity contribution < 1.29 is 4.79 Å². The minimum atomic E-state index is -0.0621. The van der Waals surface area contributed by atoms with Crippen LogP contribution < -0.4 is 5.32 Å². The predicted molar refractivity (Wildman–Crippen MR) is 121 cm³/mol. The molecular weight excluding hydrogens is 426 g/mol. The quantitative estimate of drug-likeness (QED) is 0.552. The van der Waals surface area contributed by atoms with Gasteiger partial charge in [0.15, 0.2) is 0 Å². The first-order chi connectivity index (χ1) is 13.9. The van der Waals surface area contributed by atoms with Gasteiger partial charge in [-0.3, -0.25) is 4.98 Å². The van der Waals surface area contributed by atoms with Gasteiger partial charge in [-0.2, -0.15) is 0 Å². The second kappa shape index (κ2) is 8.31. The van der Waals surface area contributed by atoms with Crippen LogP contribution in [0.1, 0.15) is 32.4 Å². The number of rotatable bonds is 6. The van der Waals surface area contributed by atoms with E-state index in [1.165, 1.54) is 12.0 Å². The van der Waals surface area contributed by atoms with E-state index in [4.69, 9.17) is 0 Å². The largest absolute Gasteiger partial charge is 0.322 e. The molecule has 152 valence electrons. The highest BCUT2D eigenvalue weighted by molar-refractivity contribution is 9.10. The van der Waals surface area contributed by atoms with Gasteiger partial charge in [0, 0.05) is 35.9 Å². The monoisotopic (exact) mass is 453 g/mol. The summed E-state index contributed by atoms with van der Waals surface area (Å²) in [5.74, 6) is 1.39. The highest BCUT2D eigenvalue weighted by Crippen LogP contribution is 2.59. The molecule has 1 aromatic carbocycles. The van der Waals surface area contributed by atoms with Gasteiger partial charge < -0.3 is 10.2 Å². The Bertz CT molecular complexity index is 909. The van der Waals surface area contributed by atoms with Gasteiger partial charge in [-0.15, -0.1) is 0 Å². The van der Waals surface area contributed by atoms with Crippen LogP contribution >= 0.6 is 15.9 Å². The van der Waals surface area contributed by atoms with Crippen LogP contribution in [0.15, 0.2) is 64.8 Å². The number of anilines is 1. The van der Waals surface area contributed by atoms with Crippen LogP contribution in [0, 0.1) is 17.3 Å². The molecule has 2 unspecified atom stereocenters. The summed E-state index contributed by atoms with van der Waals surface area (Å²) >= 11 is 3.52. The summed E-state index contributed by atoms with van der Waals surface area (Å²) in [7, 11) is 0. The second-order valence-corrected chi connectivity index (χ2v) is 9.58. The number of nitrogens with zero attached hydrogens (tertiary/aromatic N) is 2. The van der Waals surface area contributed by atoms with Crippen molar-refractivity contribution >= 4 is 27.6 Å². The van der Waals surface area contributed by atoms with Gasteiger partial charge in [0.1, 0.15) is 0 Å².